The number of carbonyl (C=O) groups excluding carboxylic acids is 2. The molecular formula is C6H14N4O2. The monoisotopic (exact) mass is 174 g/mol. The van der Waals surface area contributed by atoms with E-state index in [1.165, 1.54) is 13.8 Å². The molecule has 0 fully saturated rings. The van der Waals surface area contributed by atoms with Gasteiger partial charge in [-0.2, -0.15) is 0 Å². The Morgan fingerprint density at radius 3 is 2.00 bits per heavy atom. The average molecular weight is 174 g/mol. The van der Waals surface area contributed by atoms with E-state index in [-0.39, 0.29) is 0 Å². The van der Waals surface area contributed by atoms with Gasteiger partial charge >= 0.3 is 0 Å². The molecule has 0 saturated carbocycles. The Morgan fingerprint density at radius 1 is 1.33 bits per heavy atom. The van der Waals surface area contributed by atoms with E-state index in [9.17, 15) is 9.59 Å². The fourth-order valence-electron chi connectivity index (χ4n) is 0.563. The maximum Gasteiger partial charge on any atom is 0.253 e. The van der Waals surface area contributed by atoms with Crippen LogP contribution in [0.3, 0.4) is 0 Å². The molecule has 2 amide bonds. The van der Waals surface area contributed by atoms with Crippen molar-refractivity contribution in [3.8, 4) is 0 Å². The predicted molar refractivity (Wildman–Crippen MR) is 43.3 cm³/mol. The summed E-state index contributed by atoms with van der Waals surface area (Å²) in [5.41, 5.74) is 10.2. The van der Waals surface area contributed by atoms with Gasteiger partial charge < -0.3 is 11.5 Å². The summed E-state index contributed by atoms with van der Waals surface area (Å²) in [7, 11) is 0. The van der Waals surface area contributed by atoms with Gasteiger partial charge in [-0.1, -0.05) is 0 Å². The van der Waals surface area contributed by atoms with Crippen LogP contribution in [0.4, 0.5) is 0 Å². The number of carbonyl (C=O) groups is 2. The molecule has 0 saturated heterocycles. The fourth-order valence-corrected chi connectivity index (χ4v) is 0.563. The summed E-state index contributed by atoms with van der Waals surface area (Å²) in [5, 5.41) is 0.743. The van der Waals surface area contributed by atoms with Gasteiger partial charge in [0, 0.05) is 0 Å². The van der Waals surface area contributed by atoms with Crippen LogP contribution in [-0.4, -0.2) is 28.9 Å². The molecule has 6 nitrogen and oxygen atoms in total. The molecule has 0 radical (unpaired) electrons. The Kier molecular flexibility index (Phi) is 3.65. The van der Waals surface area contributed by atoms with Gasteiger partial charge in [0.05, 0.1) is 6.04 Å². The summed E-state index contributed by atoms with van der Waals surface area (Å²) < 4.78 is 0. The molecule has 0 aliphatic rings. The number of hydrogen-bond acceptors (Lipinski definition) is 4. The van der Waals surface area contributed by atoms with Crippen LogP contribution in [0.25, 0.3) is 0 Å². The lowest BCUT2D eigenvalue weighted by Crippen LogP contribution is -2.54. The molecule has 12 heavy (non-hydrogen) atoms. The smallest absolute Gasteiger partial charge is 0.253 e. The van der Waals surface area contributed by atoms with Crippen molar-refractivity contribution in [2.75, 3.05) is 0 Å². The topological polar surface area (TPSA) is 115 Å². The van der Waals surface area contributed by atoms with E-state index in [1.807, 2.05) is 0 Å². The van der Waals surface area contributed by atoms with Gasteiger partial charge in [-0.15, -0.1) is 0 Å². The normalized spacial score (nSPS) is 15.0. The van der Waals surface area contributed by atoms with Crippen LogP contribution >= 0.6 is 0 Å². The largest absolute Gasteiger partial charge is 0.368 e. The van der Waals surface area contributed by atoms with Crippen LogP contribution in [0.15, 0.2) is 0 Å². The number of primary amides is 1. The number of nitrogens with zero attached hydrogens (tertiary/aromatic N) is 1. The number of amides is 2. The van der Waals surface area contributed by atoms with Crippen LogP contribution in [0.5, 0.6) is 0 Å². The number of hydrogen-bond donors (Lipinski definition) is 3. The lowest BCUT2D eigenvalue weighted by Gasteiger charge is -2.22. The van der Waals surface area contributed by atoms with Crippen molar-refractivity contribution in [2.45, 2.75) is 25.9 Å². The SMILES string of the molecule is CC(N)C(=O)N(N)C(C)C(N)=O. The van der Waals surface area contributed by atoms with E-state index in [2.05, 4.69) is 0 Å². The minimum Gasteiger partial charge on any atom is -0.368 e. The second-order valence-electron chi connectivity index (χ2n) is 2.61. The maximum atomic E-state index is 11.1. The molecule has 0 heterocycles. The Bertz CT molecular complexity index is 192. The van der Waals surface area contributed by atoms with Gasteiger partial charge in [0.1, 0.15) is 6.04 Å². The first-order valence-corrected chi connectivity index (χ1v) is 3.50. The molecule has 6 heteroatoms. The second kappa shape index (κ2) is 4.03. The van der Waals surface area contributed by atoms with Crippen molar-refractivity contribution < 1.29 is 9.59 Å². The highest BCUT2D eigenvalue weighted by Gasteiger charge is 2.22. The second-order valence-corrected chi connectivity index (χ2v) is 2.61. The summed E-state index contributed by atoms with van der Waals surface area (Å²) in [4.78, 5) is 21.6. The summed E-state index contributed by atoms with van der Waals surface area (Å²) in [6.07, 6.45) is 0. The molecule has 0 aliphatic heterocycles. The standard InChI is InChI=1S/C6H14N4O2/c1-3(7)6(12)10(9)4(2)5(8)11/h3-4H,7,9H2,1-2H3,(H2,8,11). The zero-order chi connectivity index (χ0) is 9.89. The molecular weight excluding hydrogens is 160 g/mol. The Balaban J connectivity index is 4.29. The van der Waals surface area contributed by atoms with Crippen molar-refractivity contribution in [2.24, 2.45) is 17.3 Å². The molecule has 2 unspecified atom stereocenters. The Labute approximate surface area is 70.6 Å². The molecule has 0 aromatic rings. The van der Waals surface area contributed by atoms with E-state index >= 15 is 0 Å². The first kappa shape index (κ1) is 10.9. The van der Waals surface area contributed by atoms with Crippen LogP contribution in [0.1, 0.15) is 13.8 Å². The first-order chi connectivity index (χ1) is 5.37. The van der Waals surface area contributed by atoms with Gasteiger partial charge in [0.2, 0.25) is 5.91 Å². The lowest BCUT2D eigenvalue weighted by atomic mass is 10.2. The van der Waals surface area contributed by atoms with Gasteiger partial charge in [-0.05, 0) is 13.8 Å². The highest BCUT2D eigenvalue weighted by atomic mass is 16.2. The van der Waals surface area contributed by atoms with E-state index in [0.29, 0.717) is 0 Å². The average Bonchev–Trinajstić information content (AvgIpc) is 2.00. The predicted octanol–water partition coefficient (Wildman–Crippen LogP) is -2.09. The minimum atomic E-state index is -0.830. The third-order valence-electron chi connectivity index (χ3n) is 1.47. The zero-order valence-corrected chi connectivity index (χ0v) is 7.15. The molecule has 70 valence electrons. The van der Waals surface area contributed by atoms with Gasteiger partial charge in [0.15, 0.2) is 0 Å². The van der Waals surface area contributed by atoms with Crippen molar-refractivity contribution in [3.05, 3.63) is 0 Å². The third-order valence-corrected chi connectivity index (χ3v) is 1.47. The number of nitrogens with two attached hydrogens (primary N) is 3. The van der Waals surface area contributed by atoms with Gasteiger partial charge in [-0.3, -0.25) is 14.6 Å². The van der Waals surface area contributed by atoms with Crippen molar-refractivity contribution in [3.63, 3.8) is 0 Å². The first-order valence-electron chi connectivity index (χ1n) is 3.50. The molecule has 0 spiro atoms. The summed E-state index contributed by atoms with van der Waals surface area (Å²) >= 11 is 0. The Hall–Kier alpha value is -1.14. The molecule has 0 aromatic heterocycles. The van der Waals surface area contributed by atoms with Crippen LogP contribution in [-0.2, 0) is 9.59 Å². The molecule has 0 bridgehead atoms. The molecule has 2 atom stereocenters. The van der Waals surface area contributed by atoms with Crippen molar-refractivity contribution >= 4 is 11.8 Å². The molecule has 0 rings (SSSR count). The number of hydrazine groups is 1. The van der Waals surface area contributed by atoms with E-state index in [1.54, 1.807) is 0 Å². The zero-order valence-electron chi connectivity index (χ0n) is 7.15. The molecule has 0 aliphatic carbocycles. The van der Waals surface area contributed by atoms with Gasteiger partial charge in [0.25, 0.3) is 5.91 Å². The Morgan fingerprint density at radius 2 is 1.75 bits per heavy atom. The molecule has 6 N–H and O–H groups in total. The summed E-state index contributed by atoms with van der Waals surface area (Å²) in [6.45, 7) is 2.92. The fraction of sp³-hybridized carbons (Fsp3) is 0.667. The van der Waals surface area contributed by atoms with Crippen LogP contribution in [0, 0.1) is 0 Å². The van der Waals surface area contributed by atoms with E-state index in [4.69, 9.17) is 17.3 Å². The molecule has 0 aromatic carbocycles. The van der Waals surface area contributed by atoms with Gasteiger partial charge in [-0.25, -0.2) is 5.84 Å². The quantitative estimate of drug-likeness (QED) is 0.258. The maximum absolute atomic E-state index is 11.1. The van der Waals surface area contributed by atoms with E-state index < -0.39 is 23.9 Å². The van der Waals surface area contributed by atoms with E-state index in [0.717, 1.165) is 5.01 Å². The van der Waals surface area contributed by atoms with Crippen molar-refractivity contribution in [1.29, 1.82) is 0 Å². The lowest BCUT2D eigenvalue weighted by molar-refractivity contribution is -0.139. The summed E-state index contributed by atoms with van der Waals surface area (Å²) in [5.74, 6) is 4.09. The van der Waals surface area contributed by atoms with Crippen LogP contribution < -0.4 is 17.3 Å². The number of rotatable bonds is 3. The minimum absolute atomic E-state index is 0.513. The highest BCUT2D eigenvalue weighted by molar-refractivity contribution is 5.87. The summed E-state index contributed by atoms with van der Waals surface area (Å²) in [6, 6.07) is -1.56. The highest BCUT2D eigenvalue weighted by Crippen LogP contribution is 1.93. The van der Waals surface area contributed by atoms with Crippen molar-refractivity contribution in [1.82, 2.24) is 5.01 Å². The third kappa shape index (κ3) is 2.48. The van der Waals surface area contributed by atoms with Crippen LogP contribution in [0.2, 0.25) is 0 Å².